The molecule has 0 radical (unpaired) electrons. The number of hydrogen-bond acceptors (Lipinski definition) is 4. The van der Waals surface area contributed by atoms with Crippen LogP contribution in [0.15, 0.2) is 24.4 Å². The molecule has 1 atom stereocenters. The molecule has 0 aliphatic carbocycles. The molecule has 1 fully saturated rings. The summed E-state index contributed by atoms with van der Waals surface area (Å²) in [5.74, 6) is 1.11. The van der Waals surface area contributed by atoms with Gasteiger partial charge in [0.1, 0.15) is 5.82 Å². The van der Waals surface area contributed by atoms with E-state index in [1.165, 1.54) is 19.4 Å². The Hall–Kier alpha value is -1.13. The van der Waals surface area contributed by atoms with Crippen molar-refractivity contribution in [2.75, 3.05) is 37.6 Å². The van der Waals surface area contributed by atoms with Crippen LogP contribution in [0.25, 0.3) is 0 Å². The molecule has 19 heavy (non-hydrogen) atoms. The van der Waals surface area contributed by atoms with Crippen molar-refractivity contribution in [3.05, 3.63) is 24.4 Å². The molecule has 0 amide bonds. The smallest absolute Gasteiger partial charge is 0.128 e. The van der Waals surface area contributed by atoms with Crippen LogP contribution >= 0.6 is 0 Å². The molecular formula is C15H26N4. The normalized spacial score (nSPS) is 19.2. The molecule has 0 aromatic carbocycles. The molecule has 4 nitrogen and oxygen atoms in total. The van der Waals surface area contributed by atoms with Gasteiger partial charge in [-0.3, -0.25) is 4.90 Å². The summed E-state index contributed by atoms with van der Waals surface area (Å²) < 4.78 is 0. The topological polar surface area (TPSA) is 45.4 Å². The maximum atomic E-state index is 5.72. The highest BCUT2D eigenvalue weighted by molar-refractivity contribution is 5.37. The fourth-order valence-electron chi connectivity index (χ4n) is 2.91. The van der Waals surface area contributed by atoms with Crippen LogP contribution in [-0.2, 0) is 0 Å². The lowest BCUT2D eigenvalue weighted by molar-refractivity contribution is 0.196. The van der Waals surface area contributed by atoms with Gasteiger partial charge in [0.05, 0.1) is 0 Å². The Balaban J connectivity index is 1.94. The van der Waals surface area contributed by atoms with Gasteiger partial charge in [-0.1, -0.05) is 13.0 Å². The number of nitrogens with zero attached hydrogens (tertiary/aromatic N) is 3. The molecule has 0 saturated carbocycles. The molecule has 1 unspecified atom stereocenters. The Morgan fingerprint density at radius 2 is 2.16 bits per heavy atom. The third-order valence-electron chi connectivity index (χ3n) is 3.99. The highest BCUT2D eigenvalue weighted by Gasteiger charge is 2.20. The van der Waals surface area contributed by atoms with E-state index in [-0.39, 0.29) is 0 Å². The Bertz CT molecular complexity index is 354. The van der Waals surface area contributed by atoms with E-state index in [1.807, 2.05) is 12.3 Å². The van der Waals surface area contributed by atoms with Crippen molar-refractivity contribution in [1.29, 1.82) is 0 Å². The summed E-state index contributed by atoms with van der Waals surface area (Å²) in [5.41, 5.74) is 5.72. The van der Waals surface area contributed by atoms with E-state index in [9.17, 15) is 0 Å². The summed E-state index contributed by atoms with van der Waals surface area (Å²) in [4.78, 5) is 9.46. The Labute approximate surface area is 116 Å². The van der Waals surface area contributed by atoms with Crippen molar-refractivity contribution >= 4 is 5.82 Å². The largest absolute Gasteiger partial charge is 0.355 e. The lowest BCUT2D eigenvalue weighted by Crippen LogP contribution is -2.39. The Morgan fingerprint density at radius 3 is 2.84 bits per heavy atom. The predicted molar refractivity (Wildman–Crippen MR) is 80.4 cm³/mol. The van der Waals surface area contributed by atoms with Crippen LogP contribution in [0.3, 0.4) is 0 Å². The fraction of sp³-hybridized carbons (Fsp3) is 0.667. The van der Waals surface area contributed by atoms with E-state index in [4.69, 9.17) is 5.73 Å². The van der Waals surface area contributed by atoms with Crippen molar-refractivity contribution in [3.63, 3.8) is 0 Å². The summed E-state index contributed by atoms with van der Waals surface area (Å²) >= 11 is 0. The zero-order chi connectivity index (χ0) is 13.5. The van der Waals surface area contributed by atoms with E-state index >= 15 is 0 Å². The zero-order valence-corrected chi connectivity index (χ0v) is 12.0. The number of hydrogen-bond donors (Lipinski definition) is 1. The van der Waals surface area contributed by atoms with Crippen LogP contribution in [0.5, 0.6) is 0 Å². The second kappa shape index (κ2) is 7.46. The van der Waals surface area contributed by atoms with Gasteiger partial charge in [0.15, 0.2) is 0 Å². The van der Waals surface area contributed by atoms with Gasteiger partial charge in [-0.2, -0.15) is 0 Å². The monoisotopic (exact) mass is 262 g/mol. The van der Waals surface area contributed by atoms with Gasteiger partial charge >= 0.3 is 0 Å². The van der Waals surface area contributed by atoms with Crippen molar-refractivity contribution in [2.45, 2.75) is 32.2 Å². The minimum atomic E-state index is 0.647. The lowest BCUT2D eigenvalue weighted by atomic mass is 10.1. The van der Waals surface area contributed by atoms with E-state index in [1.54, 1.807) is 0 Å². The molecule has 2 N–H and O–H groups in total. The first kappa shape index (κ1) is 14.3. The van der Waals surface area contributed by atoms with Crippen LogP contribution < -0.4 is 10.6 Å². The highest BCUT2D eigenvalue weighted by Crippen LogP contribution is 2.16. The standard InChI is InChI=1S/C15H26N4/c1-2-14(7-8-16)18-10-5-11-19(13-12-18)15-6-3-4-9-17-15/h3-4,6,9,14H,2,5,7-8,10-13,16H2,1H3. The molecular weight excluding hydrogens is 236 g/mol. The van der Waals surface area contributed by atoms with Crippen molar-refractivity contribution in [1.82, 2.24) is 9.88 Å². The van der Waals surface area contributed by atoms with Gasteiger partial charge in [0, 0.05) is 38.4 Å². The SMILES string of the molecule is CCC(CCN)N1CCCN(c2ccccn2)CC1. The molecule has 1 aromatic heterocycles. The molecule has 4 heteroatoms. The summed E-state index contributed by atoms with van der Waals surface area (Å²) in [5, 5.41) is 0. The van der Waals surface area contributed by atoms with E-state index in [0.717, 1.165) is 38.4 Å². The van der Waals surface area contributed by atoms with Crippen LogP contribution in [0, 0.1) is 0 Å². The van der Waals surface area contributed by atoms with Crippen molar-refractivity contribution < 1.29 is 0 Å². The number of aromatic nitrogens is 1. The minimum absolute atomic E-state index is 0.647. The highest BCUT2D eigenvalue weighted by atomic mass is 15.3. The van der Waals surface area contributed by atoms with Gasteiger partial charge in [0.2, 0.25) is 0 Å². The average molecular weight is 262 g/mol. The fourth-order valence-corrected chi connectivity index (χ4v) is 2.91. The van der Waals surface area contributed by atoms with Crippen LogP contribution in [-0.4, -0.2) is 48.6 Å². The maximum Gasteiger partial charge on any atom is 0.128 e. The third-order valence-corrected chi connectivity index (χ3v) is 3.99. The summed E-state index contributed by atoms with van der Waals surface area (Å²) in [6.07, 6.45) is 5.39. The molecule has 0 spiro atoms. The van der Waals surface area contributed by atoms with Crippen molar-refractivity contribution in [2.24, 2.45) is 5.73 Å². The number of anilines is 1. The van der Waals surface area contributed by atoms with Crippen molar-refractivity contribution in [3.8, 4) is 0 Å². The second-order valence-electron chi connectivity index (χ2n) is 5.20. The summed E-state index contributed by atoms with van der Waals surface area (Å²) in [6, 6.07) is 6.79. The van der Waals surface area contributed by atoms with Gasteiger partial charge in [-0.15, -0.1) is 0 Å². The Kier molecular flexibility index (Phi) is 5.61. The molecule has 1 aliphatic rings. The quantitative estimate of drug-likeness (QED) is 0.877. The van der Waals surface area contributed by atoms with Gasteiger partial charge in [-0.25, -0.2) is 4.98 Å². The number of pyridine rings is 1. The third kappa shape index (κ3) is 3.91. The first-order valence-electron chi connectivity index (χ1n) is 7.45. The maximum absolute atomic E-state index is 5.72. The second-order valence-corrected chi connectivity index (χ2v) is 5.20. The molecule has 1 aliphatic heterocycles. The molecule has 2 heterocycles. The summed E-state index contributed by atoms with van der Waals surface area (Å²) in [6.45, 7) is 7.53. The molecule has 1 saturated heterocycles. The molecule has 1 aromatic rings. The number of nitrogens with two attached hydrogens (primary N) is 1. The molecule has 2 rings (SSSR count). The van der Waals surface area contributed by atoms with Gasteiger partial charge < -0.3 is 10.6 Å². The first-order chi connectivity index (χ1) is 9.35. The lowest BCUT2D eigenvalue weighted by Gasteiger charge is -2.29. The van der Waals surface area contributed by atoms with E-state index < -0.39 is 0 Å². The first-order valence-corrected chi connectivity index (χ1v) is 7.45. The molecule has 106 valence electrons. The van der Waals surface area contributed by atoms with Crippen LogP contribution in [0.1, 0.15) is 26.2 Å². The van der Waals surface area contributed by atoms with Gasteiger partial charge in [0.25, 0.3) is 0 Å². The minimum Gasteiger partial charge on any atom is -0.355 e. The summed E-state index contributed by atoms with van der Waals surface area (Å²) in [7, 11) is 0. The Morgan fingerprint density at radius 1 is 1.26 bits per heavy atom. The molecule has 0 bridgehead atoms. The van der Waals surface area contributed by atoms with Crippen LogP contribution in [0.2, 0.25) is 0 Å². The van der Waals surface area contributed by atoms with Gasteiger partial charge in [-0.05, 0) is 37.9 Å². The zero-order valence-electron chi connectivity index (χ0n) is 12.0. The average Bonchev–Trinajstić information content (AvgIpc) is 2.71. The van der Waals surface area contributed by atoms with E-state index in [0.29, 0.717) is 6.04 Å². The number of rotatable bonds is 5. The predicted octanol–water partition coefficient (Wildman–Crippen LogP) is 1.72. The van der Waals surface area contributed by atoms with Crippen LogP contribution in [0.4, 0.5) is 5.82 Å². The van der Waals surface area contributed by atoms with E-state index in [2.05, 4.69) is 33.8 Å².